The van der Waals surface area contributed by atoms with Crippen molar-refractivity contribution in [1.82, 2.24) is 4.90 Å². The number of nitriles is 1. The number of hydrogen-bond acceptors (Lipinski definition) is 2. The number of carbonyl (C=O) groups excluding carboxylic acids is 1. The Kier molecular flexibility index (Phi) is 3.93. The maximum atomic E-state index is 12.8. The van der Waals surface area contributed by atoms with Crippen LogP contribution in [0.15, 0.2) is 24.3 Å². The number of nitrogens with zero attached hydrogens (tertiary/aromatic N) is 2. The number of carbonyl (C=O) groups is 1. The van der Waals surface area contributed by atoms with Crippen molar-refractivity contribution in [3.8, 4) is 6.07 Å². The van der Waals surface area contributed by atoms with Crippen LogP contribution in [0.4, 0.5) is 4.39 Å². The van der Waals surface area contributed by atoms with Crippen LogP contribution in [-0.2, 0) is 4.79 Å². The van der Waals surface area contributed by atoms with Gasteiger partial charge in [-0.05, 0) is 30.5 Å². The zero-order valence-electron chi connectivity index (χ0n) is 10.1. The van der Waals surface area contributed by atoms with Gasteiger partial charge in [0.05, 0.1) is 12.0 Å². The molecule has 2 rings (SSSR count). The van der Waals surface area contributed by atoms with E-state index in [0.29, 0.717) is 5.56 Å². The van der Waals surface area contributed by atoms with Crippen LogP contribution >= 0.6 is 0 Å². The lowest BCUT2D eigenvalue weighted by atomic mass is 9.96. The average molecular weight is 246 g/mol. The van der Waals surface area contributed by atoms with Crippen molar-refractivity contribution in [2.24, 2.45) is 0 Å². The number of halogens is 1. The molecule has 0 spiro atoms. The molecule has 0 N–H and O–H groups in total. The molecule has 18 heavy (non-hydrogen) atoms. The van der Waals surface area contributed by atoms with Crippen molar-refractivity contribution >= 4 is 5.91 Å². The third kappa shape index (κ3) is 2.86. The summed E-state index contributed by atoms with van der Waals surface area (Å²) in [6.45, 7) is 1.58. The Morgan fingerprint density at radius 3 is 2.50 bits per heavy atom. The highest BCUT2D eigenvalue weighted by molar-refractivity contribution is 5.77. The molecule has 1 amide bonds. The van der Waals surface area contributed by atoms with Gasteiger partial charge < -0.3 is 4.90 Å². The summed E-state index contributed by atoms with van der Waals surface area (Å²) in [5.74, 6) is -0.802. The predicted molar refractivity (Wildman–Crippen MR) is 65.2 cm³/mol. The van der Waals surface area contributed by atoms with Gasteiger partial charge in [-0.15, -0.1) is 0 Å². The molecular formula is C14H15FN2O. The first-order valence-electron chi connectivity index (χ1n) is 6.13. The second-order valence-corrected chi connectivity index (χ2v) is 4.53. The van der Waals surface area contributed by atoms with Crippen LogP contribution in [0.3, 0.4) is 0 Å². The van der Waals surface area contributed by atoms with Gasteiger partial charge in [0.15, 0.2) is 0 Å². The Hall–Kier alpha value is -1.89. The van der Waals surface area contributed by atoms with E-state index in [4.69, 9.17) is 5.26 Å². The summed E-state index contributed by atoms with van der Waals surface area (Å²) in [7, 11) is 0. The van der Waals surface area contributed by atoms with Gasteiger partial charge in [-0.3, -0.25) is 4.79 Å². The van der Waals surface area contributed by atoms with Gasteiger partial charge in [0.1, 0.15) is 5.82 Å². The van der Waals surface area contributed by atoms with Gasteiger partial charge in [0.2, 0.25) is 5.91 Å². The molecule has 1 atom stereocenters. The van der Waals surface area contributed by atoms with E-state index < -0.39 is 5.92 Å². The fourth-order valence-electron chi connectivity index (χ4n) is 2.20. The Morgan fingerprint density at radius 2 is 1.94 bits per heavy atom. The molecule has 0 aliphatic carbocycles. The number of benzene rings is 1. The summed E-state index contributed by atoms with van der Waals surface area (Å²) < 4.78 is 12.8. The van der Waals surface area contributed by atoms with E-state index in [0.717, 1.165) is 25.9 Å². The minimum absolute atomic E-state index is 0.0170. The zero-order valence-corrected chi connectivity index (χ0v) is 10.1. The van der Waals surface area contributed by atoms with Gasteiger partial charge in [-0.25, -0.2) is 4.39 Å². The van der Waals surface area contributed by atoms with E-state index in [2.05, 4.69) is 6.07 Å². The molecule has 1 aromatic rings. The van der Waals surface area contributed by atoms with Crippen LogP contribution in [0, 0.1) is 17.1 Å². The Labute approximate surface area is 106 Å². The van der Waals surface area contributed by atoms with E-state index >= 15 is 0 Å². The fourth-order valence-corrected chi connectivity index (χ4v) is 2.20. The fraction of sp³-hybridized carbons (Fsp3) is 0.429. The molecular weight excluding hydrogens is 231 g/mol. The molecule has 0 bridgehead atoms. The molecule has 4 heteroatoms. The quantitative estimate of drug-likeness (QED) is 0.822. The van der Waals surface area contributed by atoms with E-state index in [1.165, 1.54) is 12.1 Å². The van der Waals surface area contributed by atoms with Gasteiger partial charge in [-0.1, -0.05) is 12.1 Å². The summed E-state index contributed by atoms with van der Waals surface area (Å²) in [5, 5.41) is 9.13. The number of amides is 1. The summed E-state index contributed by atoms with van der Waals surface area (Å²) in [5.41, 5.74) is 0.700. The van der Waals surface area contributed by atoms with E-state index in [1.807, 2.05) is 0 Å². The summed E-state index contributed by atoms with van der Waals surface area (Å²) in [6, 6.07) is 7.90. The standard InChI is InChI=1S/C14H15FN2O/c15-13-5-3-11(4-6-13)12(10-16)9-14(18)17-7-1-2-8-17/h3-6,12H,1-2,7-9H2. The Morgan fingerprint density at radius 1 is 1.33 bits per heavy atom. The molecule has 1 aliphatic rings. The van der Waals surface area contributed by atoms with Crippen LogP contribution in [0.2, 0.25) is 0 Å². The van der Waals surface area contributed by atoms with Crippen LogP contribution < -0.4 is 0 Å². The molecule has 1 saturated heterocycles. The van der Waals surface area contributed by atoms with Crippen LogP contribution in [0.1, 0.15) is 30.7 Å². The molecule has 1 heterocycles. The highest BCUT2D eigenvalue weighted by Crippen LogP contribution is 2.21. The van der Waals surface area contributed by atoms with E-state index in [9.17, 15) is 9.18 Å². The normalized spacial score (nSPS) is 16.3. The molecule has 94 valence electrons. The maximum Gasteiger partial charge on any atom is 0.224 e. The molecule has 0 radical (unpaired) electrons. The molecule has 1 unspecified atom stereocenters. The zero-order chi connectivity index (χ0) is 13.0. The monoisotopic (exact) mass is 246 g/mol. The Balaban J connectivity index is 2.03. The minimum Gasteiger partial charge on any atom is -0.343 e. The molecule has 0 saturated carbocycles. The minimum atomic E-state index is -0.487. The molecule has 0 aromatic heterocycles. The summed E-state index contributed by atoms with van der Waals surface area (Å²) in [6.07, 6.45) is 2.27. The number of hydrogen-bond donors (Lipinski definition) is 0. The number of likely N-dealkylation sites (tertiary alicyclic amines) is 1. The largest absolute Gasteiger partial charge is 0.343 e. The molecule has 1 fully saturated rings. The smallest absolute Gasteiger partial charge is 0.224 e. The van der Waals surface area contributed by atoms with Crippen LogP contribution in [0.5, 0.6) is 0 Å². The van der Waals surface area contributed by atoms with Gasteiger partial charge in [0.25, 0.3) is 0 Å². The van der Waals surface area contributed by atoms with E-state index in [1.54, 1.807) is 17.0 Å². The van der Waals surface area contributed by atoms with Gasteiger partial charge >= 0.3 is 0 Å². The lowest BCUT2D eigenvalue weighted by molar-refractivity contribution is -0.130. The van der Waals surface area contributed by atoms with E-state index in [-0.39, 0.29) is 18.1 Å². The van der Waals surface area contributed by atoms with Crippen molar-refractivity contribution < 1.29 is 9.18 Å². The van der Waals surface area contributed by atoms with Crippen LogP contribution in [-0.4, -0.2) is 23.9 Å². The van der Waals surface area contributed by atoms with Gasteiger partial charge in [0, 0.05) is 19.5 Å². The first kappa shape index (κ1) is 12.6. The lowest BCUT2D eigenvalue weighted by Gasteiger charge is -2.17. The van der Waals surface area contributed by atoms with Crippen molar-refractivity contribution in [1.29, 1.82) is 5.26 Å². The molecule has 1 aromatic carbocycles. The maximum absolute atomic E-state index is 12.8. The summed E-state index contributed by atoms with van der Waals surface area (Å²) >= 11 is 0. The highest BCUT2D eigenvalue weighted by Gasteiger charge is 2.22. The topological polar surface area (TPSA) is 44.1 Å². The lowest BCUT2D eigenvalue weighted by Crippen LogP contribution is -2.28. The third-order valence-corrected chi connectivity index (χ3v) is 3.27. The third-order valence-electron chi connectivity index (χ3n) is 3.27. The van der Waals surface area contributed by atoms with Crippen molar-refractivity contribution in [2.75, 3.05) is 13.1 Å². The highest BCUT2D eigenvalue weighted by atomic mass is 19.1. The molecule has 3 nitrogen and oxygen atoms in total. The first-order valence-corrected chi connectivity index (χ1v) is 6.13. The van der Waals surface area contributed by atoms with Crippen molar-refractivity contribution in [2.45, 2.75) is 25.2 Å². The number of rotatable bonds is 3. The predicted octanol–water partition coefficient (Wildman–Crippen LogP) is 2.45. The average Bonchev–Trinajstić information content (AvgIpc) is 2.91. The Bertz CT molecular complexity index is 458. The van der Waals surface area contributed by atoms with Crippen LogP contribution in [0.25, 0.3) is 0 Å². The van der Waals surface area contributed by atoms with Crippen molar-refractivity contribution in [3.05, 3.63) is 35.6 Å². The summed E-state index contributed by atoms with van der Waals surface area (Å²) in [4.78, 5) is 13.8. The molecule has 1 aliphatic heterocycles. The second kappa shape index (κ2) is 5.63. The first-order chi connectivity index (χ1) is 8.70. The van der Waals surface area contributed by atoms with Crippen molar-refractivity contribution in [3.63, 3.8) is 0 Å². The second-order valence-electron chi connectivity index (χ2n) is 4.53. The SMILES string of the molecule is N#CC(CC(=O)N1CCCC1)c1ccc(F)cc1. The van der Waals surface area contributed by atoms with Gasteiger partial charge in [-0.2, -0.15) is 5.26 Å².